The van der Waals surface area contributed by atoms with Crippen molar-refractivity contribution in [2.45, 2.75) is 44.8 Å². The first-order valence-corrected chi connectivity index (χ1v) is 8.25. The maximum atomic E-state index is 12.1. The maximum Gasteiger partial charge on any atom is 0.410 e. The largest absolute Gasteiger partial charge is 0.444 e. The third-order valence-electron chi connectivity index (χ3n) is 4.26. The number of aromatic nitrogens is 1. The van der Waals surface area contributed by atoms with Gasteiger partial charge < -0.3 is 14.7 Å². The van der Waals surface area contributed by atoms with E-state index < -0.39 is 11.2 Å². The summed E-state index contributed by atoms with van der Waals surface area (Å²) in [6.45, 7) is 6.98. The molecule has 116 valence electrons. The second-order valence-electron chi connectivity index (χ2n) is 7.18. The summed E-state index contributed by atoms with van der Waals surface area (Å²) in [5.74, 6) is 0.679. The molecule has 1 saturated carbocycles. The highest BCUT2D eigenvalue weighted by atomic mass is 32.1. The van der Waals surface area contributed by atoms with Crippen molar-refractivity contribution in [3.05, 3.63) is 16.6 Å². The third kappa shape index (κ3) is 2.92. The molecule has 1 amide bonds. The molecular formula is C15H22N2O3S. The predicted molar refractivity (Wildman–Crippen MR) is 80.0 cm³/mol. The molecule has 0 spiro atoms. The number of carbonyl (C=O) groups is 1. The van der Waals surface area contributed by atoms with Gasteiger partial charge in [-0.15, -0.1) is 11.3 Å². The van der Waals surface area contributed by atoms with Crippen LogP contribution in [0.5, 0.6) is 0 Å². The lowest BCUT2D eigenvalue weighted by Gasteiger charge is -2.26. The number of nitrogens with zero attached hydrogens (tertiary/aromatic N) is 2. The van der Waals surface area contributed by atoms with Crippen LogP contribution in [0.1, 0.15) is 38.6 Å². The van der Waals surface area contributed by atoms with Crippen LogP contribution in [0.15, 0.2) is 11.6 Å². The maximum absolute atomic E-state index is 12.1. The fraction of sp³-hybridized carbons (Fsp3) is 0.733. The number of fused-ring (bicyclic) bond motifs is 1. The van der Waals surface area contributed by atoms with Crippen LogP contribution < -0.4 is 0 Å². The van der Waals surface area contributed by atoms with Gasteiger partial charge in [-0.05, 0) is 45.4 Å². The highest BCUT2D eigenvalue weighted by Gasteiger charge is 2.51. The molecular weight excluding hydrogens is 288 g/mol. The van der Waals surface area contributed by atoms with Gasteiger partial charge in [-0.1, -0.05) is 0 Å². The Balaban J connectivity index is 1.63. The number of carbonyl (C=O) groups excluding carboxylic acids is 1. The highest BCUT2D eigenvalue weighted by molar-refractivity contribution is 7.09. The lowest BCUT2D eigenvalue weighted by Crippen LogP contribution is -2.37. The van der Waals surface area contributed by atoms with Crippen LogP contribution in [0.2, 0.25) is 0 Å². The molecule has 1 aromatic rings. The van der Waals surface area contributed by atoms with Crippen LogP contribution >= 0.6 is 11.3 Å². The Bertz CT molecular complexity index is 510. The van der Waals surface area contributed by atoms with Gasteiger partial charge in [0.25, 0.3) is 0 Å². The molecule has 2 unspecified atom stereocenters. The number of thiazole rings is 1. The van der Waals surface area contributed by atoms with Crippen molar-refractivity contribution < 1.29 is 14.6 Å². The smallest absolute Gasteiger partial charge is 0.410 e. The number of aliphatic hydroxyl groups is 1. The number of likely N-dealkylation sites (tertiary alicyclic amines) is 1. The number of ether oxygens (including phenoxy) is 1. The van der Waals surface area contributed by atoms with E-state index in [2.05, 4.69) is 4.98 Å². The number of rotatable bonds is 1. The van der Waals surface area contributed by atoms with Gasteiger partial charge >= 0.3 is 6.09 Å². The zero-order valence-corrected chi connectivity index (χ0v) is 13.5. The standard InChI is InChI=1S/C15H22N2O3S/c1-14(2,3)20-13(18)17-8-10-6-15(19,7-11(10)9-17)12-16-4-5-21-12/h4-5,10-11,19H,6-9H2,1-3H3. The number of hydrogen-bond acceptors (Lipinski definition) is 5. The average Bonchev–Trinajstić information content (AvgIpc) is 2.98. The highest BCUT2D eigenvalue weighted by Crippen LogP contribution is 2.49. The SMILES string of the molecule is CC(C)(C)OC(=O)N1CC2CC(O)(c3nccs3)CC2C1. The third-order valence-corrected chi connectivity index (χ3v) is 5.22. The van der Waals surface area contributed by atoms with Gasteiger partial charge in [0.15, 0.2) is 0 Å². The Labute approximate surface area is 128 Å². The monoisotopic (exact) mass is 310 g/mol. The molecule has 1 aromatic heterocycles. The van der Waals surface area contributed by atoms with E-state index in [1.54, 1.807) is 11.1 Å². The molecule has 0 bridgehead atoms. The predicted octanol–water partition coefficient (Wildman–Crippen LogP) is 2.61. The van der Waals surface area contributed by atoms with Crippen LogP contribution in [0.4, 0.5) is 4.79 Å². The Morgan fingerprint density at radius 1 is 1.43 bits per heavy atom. The van der Waals surface area contributed by atoms with E-state index >= 15 is 0 Å². The summed E-state index contributed by atoms with van der Waals surface area (Å²) in [5.41, 5.74) is -1.26. The van der Waals surface area contributed by atoms with E-state index in [-0.39, 0.29) is 6.09 Å². The van der Waals surface area contributed by atoms with Gasteiger partial charge in [0.1, 0.15) is 16.2 Å². The summed E-state index contributed by atoms with van der Waals surface area (Å²) in [4.78, 5) is 18.2. The molecule has 2 atom stereocenters. The first-order chi connectivity index (χ1) is 9.77. The van der Waals surface area contributed by atoms with Gasteiger partial charge in [-0.3, -0.25) is 0 Å². The van der Waals surface area contributed by atoms with Gasteiger partial charge in [0.2, 0.25) is 0 Å². The molecule has 1 saturated heterocycles. The van der Waals surface area contributed by atoms with Crippen molar-refractivity contribution in [2.24, 2.45) is 11.8 Å². The van der Waals surface area contributed by atoms with Gasteiger partial charge in [0, 0.05) is 24.7 Å². The van der Waals surface area contributed by atoms with E-state index in [1.807, 2.05) is 26.2 Å². The fourth-order valence-corrected chi connectivity index (χ4v) is 4.21. The molecule has 1 aliphatic carbocycles. The molecule has 6 heteroatoms. The molecule has 3 rings (SSSR count). The molecule has 2 fully saturated rings. The van der Waals surface area contributed by atoms with Gasteiger partial charge in [-0.25, -0.2) is 9.78 Å². The van der Waals surface area contributed by atoms with E-state index in [0.29, 0.717) is 37.8 Å². The van der Waals surface area contributed by atoms with Crippen LogP contribution in [-0.4, -0.2) is 39.8 Å². The van der Waals surface area contributed by atoms with Gasteiger partial charge in [-0.2, -0.15) is 0 Å². The quantitative estimate of drug-likeness (QED) is 0.866. The summed E-state index contributed by atoms with van der Waals surface area (Å²) in [6.07, 6.45) is 2.86. The normalized spacial score (nSPS) is 32.3. The molecule has 0 radical (unpaired) electrons. The second-order valence-corrected chi connectivity index (χ2v) is 8.08. The molecule has 2 aliphatic rings. The minimum Gasteiger partial charge on any atom is -0.444 e. The van der Waals surface area contributed by atoms with E-state index in [9.17, 15) is 9.90 Å². The zero-order chi connectivity index (χ0) is 15.3. The molecule has 1 aliphatic heterocycles. The summed E-state index contributed by atoms with van der Waals surface area (Å²) in [5, 5.41) is 13.5. The average molecular weight is 310 g/mol. The fourth-order valence-electron chi connectivity index (χ4n) is 3.46. The van der Waals surface area contributed by atoms with Crippen molar-refractivity contribution >= 4 is 17.4 Å². The van der Waals surface area contributed by atoms with Crippen LogP contribution in [0.25, 0.3) is 0 Å². The Morgan fingerprint density at radius 2 is 2.05 bits per heavy atom. The van der Waals surface area contributed by atoms with E-state index in [1.165, 1.54) is 11.3 Å². The van der Waals surface area contributed by atoms with Crippen molar-refractivity contribution in [2.75, 3.05) is 13.1 Å². The second kappa shape index (κ2) is 4.95. The lowest BCUT2D eigenvalue weighted by molar-refractivity contribution is 0.0154. The molecule has 21 heavy (non-hydrogen) atoms. The molecule has 5 nitrogen and oxygen atoms in total. The topological polar surface area (TPSA) is 62.7 Å². The summed E-state index contributed by atoms with van der Waals surface area (Å²) < 4.78 is 5.43. The lowest BCUT2D eigenvalue weighted by atomic mass is 10.0. The van der Waals surface area contributed by atoms with E-state index in [4.69, 9.17) is 4.74 Å². The van der Waals surface area contributed by atoms with Crippen LogP contribution in [0.3, 0.4) is 0 Å². The first-order valence-electron chi connectivity index (χ1n) is 7.37. The zero-order valence-electron chi connectivity index (χ0n) is 12.7. The van der Waals surface area contributed by atoms with Crippen molar-refractivity contribution in [3.8, 4) is 0 Å². The molecule has 2 heterocycles. The number of amides is 1. The minimum atomic E-state index is -0.802. The Hall–Kier alpha value is -1.14. The summed E-state index contributed by atoms with van der Waals surface area (Å²) >= 11 is 1.51. The van der Waals surface area contributed by atoms with Crippen molar-refractivity contribution in [3.63, 3.8) is 0 Å². The van der Waals surface area contributed by atoms with Crippen LogP contribution in [-0.2, 0) is 10.3 Å². The molecule has 0 aromatic carbocycles. The molecule has 1 N–H and O–H groups in total. The van der Waals surface area contributed by atoms with Gasteiger partial charge in [0.05, 0.1) is 0 Å². The number of hydrogen-bond donors (Lipinski definition) is 1. The first kappa shape index (κ1) is 14.8. The Morgan fingerprint density at radius 3 is 2.52 bits per heavy atom. The summed E-state index contributed by atoms with van der Waals surface area (Å²) in [6, 6.07) is 0. The van der Waals surface area contributed by atoms with Crippen molar-refractivity contribution in [1.29, 1.82) is 0 Å². The Kier molecular flexibility index (Phi) is 3.48. The minimum absolute atomic E-state index is 0.241. The van der Waals surface area contributed by atoms with Crippen LogP contribution in [0, 0.1) is 11.8 Å². The van der Waals surface area contributed by atoms with E-state index in [0.717, 1.165) is 5.01 Å². The van der Waals surface area contributed by atoms with Crippen molar-refractivity contribution in [1.82, 2.24) is 9.88 Å². The summed E-state index contributed by atoms with van der Waals surface area (Å²) in [7, 11) is 0.